The van der Waals surface area contributed by atoms with Gasteiger partial charge in [-0.2, -0.15) is 0 Å². The number of ether oxygens (including phenoxy) is 1. The molecule has 8 heteroatoms. The maximum Gasteiger partial charge on any atom is 0.573 e. The maximum atomic E-state index is 12.0. The molecule has 0 bridgehead atoms. The van der Waals surface area contributed by atoms with Crippen LogP contribution in [0.1, 0.15) is 12.8 Å². The van der Waals surface area contributed by atoms with E-state index in [0.29, 0.717) is 12.2 Å². The minimum Gasteiger partial charge on any atom is -0.406 e. The van der Waals surface area contributed by atoms with Crippen molar-refractivity contribution in [1.82, 2.24) is 10.6 Å². The Balaban J connectivity index is 1.83. The molecule has 0 aromatic heterocycles. The predicted molar refractivity (Wildman–Crippen MR) is 71.2 cm³/mol. The summed E-state index contributed by atoms with van der Waals surface area (Å²) < 4.78 is 39.8. The monoisotopic (exact) mass is 303 g/mol. The highest BCUT2D eigenvalue weighted by atomic mass is 19.4. The number of halogens is 3. The lowest BCUT2D eigenvalue weighted by Crippen LogP contribution is -2.47. The van der Waals surface area contributed by atoms with Gasteiger partial charge in [0.25, 0.3) is 0 Å². The van der Waals surface area contributed by atoms with Crippen LogP contribution in [-0.2, 0) is 0 Å². The van der Waals surface area contributed by atoms with E-state index in [0.717, 1.165) is 31.5 Å². The van der Waals surface area contributed by atoms with E-state index in [2.05, 4.69) is 20.7 Å². The number of piperidine rings is 1. The number of carbonyl (C=O) groups is 1. The Morgan fingerprint density at radius 1 is 1.29 bits per heavy atom. The van der Waals surface area contributed by atoms with E-state index in [-0.39, 0.29) is 17.8 Å². The van der Waals surface area contributed by atoms with Crippen LogP contribution < -0.4 is 20.7 Å². The summed E-state index contributed by atoms with van der Waals surface area (Å²) in [4.78, 5) is 11.7. The van der Waals surface area contributed by atoms with Crippen LogP contribution >= 0.6 is 0 Å². The van der Waals surface area contributed by atoms with Crippen molar-refractivity contribution in [2.45, 2.75) is 25.2 Å². The molecule has 0 unspecified atom stereocenters. The van der Waals surface area contributed by atoms with Crippen molar-refractivity contribution in [3.63, 3.8) is 0 Å². The summed E-state index contributed by atoms with van der Waals surface area (Å²) in [5.41, 5.74) is 0.394. The molecular formula is C13H16F3N3O2. The Bertz CT molecular complexity index is 471. The van der Waals surface area contributed by atoms with Gasteiger partial charge in [0.1, 0.15) is 5.75 Å². The third-order valence-electron chi connectivity index (χ3n) is 2.98. The predicted octanol–water partition coefficient (Wildman–Crippen LogP) is 2.46. The van der Waals surface area contributed by atoms with Crippen molar-refractivity contribution in [2.24, 2.45) is 0 Å². The third-order valence-corrected chi connectivity index (χ3v) is 2.98. The van der Waals surface area contributed by atoms with E-state index in [1.807, 2.05) is 0 Å². The fourth-order valence-corrected chi connectivity index (χ4v) is 2.07. The first kappa shape index (κ1) is 15.4. The molecule has 1 saturated heterocycles. The van der Waals surface area contributed by atoms with Gasteiger partial charge in [-0.3, -0.25) is 0 Å². The number of hydrogen-bond acceptors (Lipinski definition) is 3. The zero-order valence-electron chi connectivity index (χ0n) is 11.2. The number of anilines is 1. The first-order valence-electron chi connectivity index (χ1n) is 6.56. The zero-order chi connectivity index (χ0) is 15.3. The molecule has 0 saturated carbocycles. The molecule has 2 amide bonds. The van der Waals surface area contributed by atoms with E-state index in [1.54, 1.807) is 0 Å². The molecular weight excluding hydrogens is 287 g/mol. The Kier molecular flexibility index (Phi) is 4.89. The summed E-state index contributed by atoms with van der Waals surface area (Å²) in [5, 5.41) is 8.53. The lowest BCUT2D eigenvalue weighted by Gasteiger charge is -2.23. The molecule has 1 atom stereocenters. The second-order valence-electron chi connectivity index (χ2n) is 4.71. The quantitative estimate of drug-likeness (QED) is 0.804. The number of amides is 2. The molecule has 1 fully saturated rings. The Morgan fingerprint density at radius 3 is 2.57 bits per heavy atom. The molecule has 2 rings (SSSR count). The standard InChI is InChI=1S/C13H16F3N3O2/c14-13(15,16)21-11-5-3-9(4-6-11)18-12(20)19-10-2-1-7-17-8-10/h3-6,10,17H,1-2,7-8H2,(H2,18,19,20)/t10-/m1/s1. The van der Waals surface area contributed by atoms with Gasteiger partial charge in [-0.1, -0.05) is 0 Å². The maximum absolute atomic E-state index is 12.0. The van der Waals surface area contributed by atoms with Gasteiger partial charge in [-0.15, -0.1) is 13.2 Å². The lowest BCUT2D eigenvalue weighted by atomic mass is 10.1. The summed E-state index contributed by atoms with van der Waals surface area (Å²) in [6.45, 7) is 1.66. The molecule has 21 heavy (non-hydrogen) atoms. The summed E-state index contributed by atoms with van der Waals surface area (Å²) in [6.07, 6.45) is -2.83. The van der Waals surface area contributed by atoms with Crippen molar-refractivity contribution in [3.05, 3.63) is 24.3 Å². The van der Waals surface area contributed by atoms with Gasteiger partial charge in [0.15, 0.2) is 0 Å². The van der Waals surface area contributed by atoms with Gasteiger partial charge in [0, 0.05) is 18.3 Å². The van der Waals surface area contributed by atoms with Crippen molar-refractivity contribution < 1.29 is 22.7 Å². The summed E-state index contributed by atoms with van der Waals surface area (Å²) in [5.74, 6) is -0.329. The Labute approximate surface area is 119 Å². The number of rotatable bonds is 3. The van der Waals surface area contributed by atoms with E-state index < -0.39 is 6.36 Å². The molecule has 0 spiro atoms. The molecule has 5 nitrogen and oxygen atoms in total. The SMILES string of the molecule is O=C(Nc1ccc(OC(F)(F)F)cc1)N[C@@H]1CCCNC1. The topological polar surface area (TPSA) is 62.4 Å². The van der Waals surface area contributed by atoms with Crippen LogP contribution in [-0.4, -0.2) is 31.5 Å². The van der Waals surface area contributed by atoms with Gasteiger partial charge >= 0.3 is 12.4 Å². The molecule has 0 aliphatic carbocycles. The van der Waals surface area contributed by atoms with Crippen LogP contribution in [0.3, 0.4) is 0 Å². The molecule has 1 aromatic carbocycles. The molecule has 0 radical (unpaired) electrons. The van der Waals surface area contributed by atoms with E-state index >= 15 is 0 Å². The fourth-order valence-electron chi connectivity index (χ4n) is 2.07. The number of carbonyl (C=O) groups excluding carboxylic acids is 1. The molecule has 116 valence electrons. The van der Waals surface area contributed by atoms with Crippen LogP contribution in [0.5, 0.6) is 5.75 Å². The van der Waals surface area contributed by atoms with Crippen molar-refractivity contribution in [3.8, 4) is 5.75 Å². The average molecular weight is 303 g/mol. The number of hydrogen-bond donors (Lipinski definition) is 3. The van der Waals surface area contributed by atoms with E-state index in [4.69, 9.17) is 0 Å². The molecule has 1 aliphatic rings. The highest BCUT2D eigenvalue weighted by Crippen LogP contribution is 2.23. The van der Waals surface area contributed by atoms with Gasteiger partial charge < -0.3 is 20.7 Å². The van der Waals surface area contributed by atoms with Crippen LogP contribution in [0.2, 0.25) is 0 Å². The third kappa shape index (κ3) is 5.50. The lowest BCUT2D eigenvalue weighted by molar-refractivity contribution is -0.274. The van der Waals surface area contributed by atoms with E-state index in [9.17, 15) is 18.0 Å². The average Bonchev–Trinajstić information content (AvgIpc) is 2.40. The highest BCUT2D eigenvalue weighted by Gasteiger charge is 2.30. The molecule has 1 aromatic rings. The van der Waals surface area contributed by atoms with Crippen molar-refractivity contribution >= 4 is 11.7 Å². The highest BCUT2D eigenvalue weighted by molar-refractivity contribution is 5.89. The smallest absolute Gasteiger partial charge is 0.406 e. The largest absolute Gasteiger partial charge is 0.573 e. The number of nitrogens with one attached hydrogen (secondary N) is 3. The first-order valence-corrected chi connectivity index (χ1v) is 6.56. The van der Waals surface area contributed by atoms with Gasteiger partial charge in [-0.05, 0) is 43.7 Å². The minimum atomic E-state index is -4.72. The normalized spacial score (nSPS) is 18.9. The molecule has 3 N–H and O–H groups in total. The van der Waals surface area contributed by atoms with Gasteiger partial charge in [0.2, 0.25) is 0 Å². The summed E-state index contributed by atoms with van der Waals surface area (Å²) in [6, 6.07) is 4.66. The van der Waals surface area contributed by atoms with Crippen LogP contribution in [0.15, 0.2) is 24.3 Å². The second kappa shape index (κ2) is 6.66. The summed E-state index contributed by atoms with van der Waals surface area (Å²) in [7, 11) is 0. The first-order chi connectivity index (χ1) is 9.92. The van der Waals surface area contributed by atoms with Crippen molar-refractivity contribution in [1.29, 1.82) is 0 Å². The Hall–Kier alpha value is -1.96. The minimum absolute atomic E-state index is 0.0617. The van der Waals surface area contributed by atoms with Gasteiger partial charge in [0.05, 0.1) is 0 Å². The molecule has 1 aliphatic heterocycles. The number of urea groups is 1. The zero-order valence-corrected chi connectivity index (χ0v) is 11.2. The second-order valence-corrected chi connectivity index (χ2v) is 4.71. The number of benzene rings is 1. The fraction of sp³-hybridized carbons (Fsp3) is 0.462. The van der Waals surface area contributed by atoms with Gasteiger partial charge in [-0.25, -0.2) is 4.79 Å². The van der Waals surface area contributed by atoms with Crippen LogP contribution in [0.25, 0.3) is 0 Å². The number of alkyl halides is 3. The van der Waals surface area contributed by atoms with Crippen LogP contribution in [0, 0.1) is 0 Å². The molecule has 1 heterocycles. The van der Waals surface area contributed by atoms with Crippen molar-refractivity contribution in [2.75, 3.05) is 18.4 Å². The Morgan fingerprint density at radius 2 is 2.00 bits per heavy atom. The van der Waals surface area contributed by atoms with E-state index in [1.165, 1.54) is 12.1 Å². The van der Waals surface area contributed by atoms with Crippen LogP contribution in [0.4, 0.5) is 23.7 Å². The summed E-state index contributed by atoms with van der Waals surface area (Å²) >= 11 is 0.